The van der Waals surface area contributed by atoms with Crippen molar-refractivity contribution in [1.29, 1.82) is 0 Å². The van der Waals surface area contributed by atoms with E-state index in [1.54, 1.807) is 27.7 Å². The van der Waals surface area contributed by atoms with Crippen LogP contribution in [0.1, 0.15) is 50.3 Å². The topological polar surface area (TPSA) is 168 Å². The second kappa shape index (κ2) is 13.8. The highest BCUT2D eigenvalue weighted by molar-refractivity contribution is 7.05. The molecule has 2 heterocycles. The maximum Gasteiger partial charge on any atom is 0.408 e. The van der Waals surface area contributed by atoms with Crippen LogP contribution in [-0.4, -0.2) is 57.3 Å². The van der Waals surface area contributed by atoms with Crippen molar-refractivity contribution in [3.05, 3.63) is 46.5 Å². The van der Waals surface area contributed by atoms with Gasteiger partial charge in [0.2, 0.25) is 17.6 Å². The molecule has 39 heavy (non-hydrogen) atoms. The molecule has 13 heteroatoms. The van der Waals surface area contributed by atoms with Crippen LogP contribution in [0, 0.1) is 11.8 Å². The summed E-state index contributed by atoms with van der Waals surface area (Å²) in [6, 6.07) is 6.03. The second-order valence-corrected chi connectivity index (χ2v) is 10.8. The van der Waals surface area contributed by atoms with Gasteiger partial charge in [0, 0.05) is 0 Å². The lowest BCUT2D eigenvalue weighted by atomic mass is 9.98. The normalized spacial score (nSPS) is 17.1. The van der Waals surface area contributed by atoms with Gasteiger partial charge in [-0.15, -0.1) is 5.10 Å². The standard InChI is InChI=1S/C26H34N6O6S/c1-14(2)20(23(34)28-17-10-11-19-18(31-32-39-19)12-27-25(36)22(17)33)29-24(35)21(15(3)4)30-26(37)38-13-16-8-6-5-7-9-16/h5-9,14-15,17,20-21H,10-13H2,1-4H3,(H,27,36)(H,28,34)(H,29,35)(H,30,37). The number of alkyl carbamates (subject to hydrolysis) is 1. The lowest BCUT2D eigenvalue weighted by Gasteiger charge is -2.28. The van der Waals surface area contributed by atoms with Crippen LogP contribution in [0.2, 0.25) is 0 Å². The number of carbonyl (C=O) groups is 5. The van der Waals surface area contributed by atoms with Crippen LogP contribution in [-0.2, 0) is 43.5 Å². The largest absolute Gasteiger partial charge is 0.445 e. The summed E-state index contributed by atoms with van der Waals surface area (Å²) in [5.41, 5.74) is 1.39. The molecule has 1 aromatic carbocycles. The van der Waals surface area contributed by atoms with E-state index in [9.17, 15) is 24.0 Å². The molecule has 210 valence electrons. The summed E-state index contributed by atoms with van der Waals surface area (Å²) in [6.45, 7) is 7.11. The molecule has 12 nitrogen and oxygen atoms in total. The zero-order chi connectivity index (χ0) is 28.5. The zero-order valence-corrected chi connectivity index (χ0v) is 23.2. The Morgan fingerprint density at radius 2 is 1.69 bits per heavy atom. The van der Waals surface area contributed by atoms with Gasteiger partial charge in [0.1, 0.15) is 18.7 Å². The molecule has 0 bridgehead atoms. The van der Waals surface area contributed by atoms with Crippen LogP contribution in [0.4, 0.5) is 4.79 Å². The smallest absolute Gasteiger partial charge is 0.408 e. The van der Waals surface area contributed by atoms with Crippen molar-refractivity contribution < 1.29 is 28.7 Å². The van der Waals surface area contributed by atoms with Gasteiger partial charge in [-0.2, -0.15) is 0 Å². The first-order valence-electron chi connectivity index (χ1n) is 12.8. The Kier molecular flexibility index (Phi) is 10.5. The van der Waals surface area contributed by atoms with E-state index in [0.29, 0.717) is 12.1 Å². The Bertz CT molecular complexity index is 1180. The second-order valence-electron chi connectivity index (χ2n) is 9.95. The molecule has 3 unspecified atom stereocenters. The molecule has 0 radical (unpaired) electrons. The summed E-state index contributed by atoms with van der Waals surface area (Å²) in [5.74, 6) is -3.46. The van der Waals surface area contributed by atoms with Gasteiger partial charge < -0.3 is 26.0 Å². The number of nitrogens with one attached hydrogen (secondary N) is 4. The third kappa shape index (κ3) is 8.31. The molecule has 0 aliphatic carbocycles. The highest BCUT2D eigenvalue weighted by Gasteiger charge is 2.34. The summed E-state index contributed by atoms with van der Waals surface area (Å²) in [6.07, 6.45) is -0.184. The molecule has 4 N–H and O–H groups in total. The fourth-order valence-electron chi connectivity index (χ4n) is 3.97. The van der Waals surface area contributed by atoms with Crippen molar-refractivity contribution in [1.82, 2.24) is 30.9 Å². The number of ketones is 1. The minimum Gasteiger partial charge on any atom is -0.445 e. The molecule has 1 aromatic heterocycles. The van der Waals surface area contributed by atoms with Gasteiger partial charge in [0.25, 0.3) is 5.91 Å². The summed E-state index contributed by atoms with van der Waals surface area (Å²) < 4.78 is 9.13. The number of hydrogen-bond acceptors (Lipinski definition) is 9. The quantitative estimate of drug-likeness (QED) is 0.333. The Morgan fingerprint density at radius 1 is 1.03 bits per heavy atom. The van der Waals surface area contributed by atoms with E-state index >= 15 is 0 Å². The number of fused-ring (bicyclic) bond motifs is 1. The minimum absolute atomic E-state index is 0.0399. The van der Waals surface area contributed by atoms with E-state index in [-0.39, 0.29) is 31.4 Å². The van der Waals surface area contributed by atoms with Gasteiger partial charge in [-0.25, -0.2) is 4.79 Å². The van der Waals surface area contributed by atoms with E-state index in [4.69, 9.17) is 4.74 Å². The maximum absolute atomic E-state index is 13.3. The van der Waals surface area contributed by atoms with Gasteiger partial charge in [-0.3, -0.25) is 19.2 Å². The average Bonchev–Trinajstić information content (AvgIpc) is 3.37. The molecular weight excluding hydrogens is 524 g/mol. The molecule has 1 aliphatic rings. The first-order chi connectivity index (χ1) is 18.6. The maximum atomic E-state index is 13.3. The predicted octanol–water partition coefficient (Wildman–Crippen LogP) is 1.25. The van der Waals surface area contributed by atoms with Crippen LogP contribution < -0.4 is 21.3 Å². The minimum atomic E-state index is -1.09. The van der Waals surface area contributed by atoms with Gasteiger partial charge in [-0.1, -0.05) is 62.5 Å². The highest BCUT2D eigenvalue weighted by atomic mass is 32.1. The Labute approximate surface area is 230 Å². The van der Waals surface area contributed by atoms with Crippen LogP contribution in [0.3, 0.4) is 0 Å². The number of amides is 4. The number of benzene rings is 1. The fourth-order valence-corrected chi connectivity index (χ4v) is 4.64. The van der Waals surface area contributed by atoms with Gasteiger partial charge in [-0.05, 0) is 41.8 Å². The average molecular weight is 559 g/mol. The molecule has 3 rings (SSSR count). The monoisotopic (exact) mass is 558 g/mol. The SMILES string of the molecule is CC(C)C(NC(=O)OCc1ccccc1)C(=O)NC(C(=O)NC1CCc2snnc2CNC(=O)C1=O)C(C)C. The molecule has 0 spiro atoms. The van der Waals surface area contributed by atoms with Crippen molar-refractivity contribution in [3.8, 4) is 0 Å². The fraction of sp³-hybridized carbons (Fsp3) is 0.500. The highest BCUT2D eigenvalue weighted by Crippen LogP contribution is 2.17. The Balaban J connectivity index is 1.64. The van der Waals surface area contributed by atoms with Crippen molar-refractivity contribution >= 4 is 41.1 Å². The number of Topliss-reactive ketones (excluding diaryl/α,β-unsaturated/α-hetero) is 1. The lowest BCUT2D eigenvalue weighted by Crippen LogP contribution is -2.59. The number of ether oxygens (including phenoxy) is 1. The number of rotatable bonds is 9. The van der Waals surface area contributed by atoms with Crippen LogP contribution >= 0.6 is 11.5 Å². The molecule has 0 saturated carbocycles. The molecular formula is C26H34N6O6S. The molecule has 0 fully saturated rings. The molecule has 3 atom stereocenters. The number of nitrogens with zero attached hydrogens (tertiary/aromatic N) is 2. The lowest BCUT2D eigenvalue weighted by molar-refractivity contribution is -0.140. The Hall–Kier alpha value is -3.87. The molecule has 2 aromatic rings. The summed E-state index contributed by atoms with van der Waals surface area (Å²) >= 11 is 1.17. The van der Waals surface area contributed by atoms with E-state index in [1.807, 2.05) is 30.3 Å². The van der Waals surface area contributed by atoms with E-state index in [2.05, 4.69) is 30.9 Å². The Morgan fingerprint density at radius 3 is 2.36 bits per heavy atom. The van der Waals surface area contributed by atoms with Gasteiger partial charge in [0.15, 0.2) is 0 Å². The predicted molar refractivity (Wildman–Crippen MR) is 142 cm³/mol. The van der Waals surface area contributed by atoms with E-state index in [1.165, 1.54) is 11.5 Å². The third-order valence-corrected chi connectivity index (χ3v) is 7.07. The van der Waals surface area contributed by atoms with E-state index in [0.717, 1.165) is 10.4 Å². The van der Waals surface area contributed by atoms with Gasteiger partial charge in [0.05, 0.1) is 23.2 Å². The number of hydrogen-bond donors (Lipinski definition) is 4. The first-order valence-corrected chi connectivity index (χ1v) is 13.5. The van der Waals surface area contributed by atoms with Crippen LogP contribution in [0.25, 0.3) is 0 Å². The molecule has 1 aliphatic heterocycles. The summed E-state index contributed by atoms with van der Waals surface area (Å²) in [4.78, 5) is 64.7. The number of aromatic nitrogens is 2. The summed E-state index contributed by atoms with van der Waals surface area (Å²) in [5, 5.41) is 14.4. The van der Waals surface area contributed by atoms with Crippen molar-refractivity contribution in [2.75, 3.05) is 0 Å². The van der Waals surface area contributed by atoms with Crippen LogP contribution in [0.15, 0.2) is 30.3 Å². The van der Waals surface area contributed by atoms with Crippen molar-refractivity contribution in [2.24, 2.45) is 11.8 Å². The van der Waals surface area contributed by atoms with E-state index < -0.39 is 47.7 Å². The zero-order valence-electron chi connectivity index (χ0n) is 22.4. The van der Waals surface area contributed by atoms with Crippen LogP contribution in [0.5, 0.6) is 0 Å². The molecule has 0 saturated heterocycles. The van der Waals surface area contributed by atoms with Crippen molar-refractivity contribution in [3.63, 3.8) is 0 Å². The van der Waals surface area contributed by atoms with Crippen molar-refractivity contribution in [2.45, 2.75) is 71.8 Å². The van der Waals surface area contributed by atoms with Gasteiger partial charge >= 0.3 is 6.09 Å². The number of carbonyl (C=O) groups excluding carboxylic acids is 5. The summed E-state index contributed by atoms with van der Waals surface area (Å²) in [7, 11) is 0. The molecule has 4 amide bonds. The number of aryl methyl sites for hydroxylation is 1. The first kappa shape index (κ1) is 29.7. The third-order valence-electron chi connectivity index (χ3n) is 6.25.